The van der Waals surface area contributed by atoms with Crippen molar-refractivity contribution in [1.29, 1.82) is 0 Å². The van der Waals surface area contributed by atoms with Gasteiger partial charge >= 0.3 is 11.6 Å². The van der Waals surface area contributed by atoms with Gasteiger partial charge in [0, 0.05) is 6.07 Å². The molecule has 3 aromatic carbocycles. The van der Waals surface area contributed by atoms with Crippen LogP contribution < -0.4 is 25.6 Å². The van der Waals surface area contributed by atoms with E-state index in [0.717, 1.165) is 5.56 Å². The predicted molar refractivity (Wildman–Crippen MR) is 150 cm³/mol. The van der Waals surface area contributed by atoms with Crippen molar-refractivity contribution in [1.82, 2.24) is 9.97 Å². The third-order valence-corrected chi connectivity index (χ3v) is 6.71. The topological polar surface area (TPSA) is 136 Å². The third-order valence-electron chi connectivity index (χ3n) is 6.71. The van der Waals surface area contributed by atoms with Crippen LogP contribution in [-0.2, 0) is 16.1 Å². The van der Waals surface area contributed by atoms with E-state index in [1.165, 1.54) is 7.11 Å². The van der Waals surface area contributed by atoms with Gasteiger partial charge < -0.3 is 29.1 Å². The number of carbonyl (C=O) groups excluding carboxylic acids is 1. The number of benzene rings is 3. The number of esters is 1. The summed E-state index contributed by atoms with van der Waals surface area (Å²) in [5.74, 6) is -1.16. The van der Waals surface area contributed by atoms with E-state index < -0.39 is 17.5 Å². The number of para-hydroxylation sites is 1. The van der Waals surface area contributed by atoms with Crippen molar-refractivity contribution in [3.05, 3.63) is 112 Å². The largest absolute Gasteiger partial charge is 0.497 e. The van der Waals surface area contributed by atoms with Gasteiger partial charge in [-0.3, -0.25) is 0 Å². The molecule has 0 amide bonds. The molecular formula is C31H25N3O7. The number of aromatic nitrogens is 2. The third kappa shape index (κ3) is 4.69. The Morgan fingerprint density at radius 2 is 1.78 bits per heavy atom. The van der Waals surface area contributed by atoms with E-state index in [-0.39, 0.29) is 53.3 Å². The number of nitrogens with two attached hydrogens (primary N) is 1. The molecule has 10 heteroatoms. The predicted octanol–water partition coefficient (Wildman–Crippen LogP) is 4.58. The van der Waals surface area contributed by atoms with Gasteiger partial charge in [0.2, 0.25) is 11.8 Å². The maximum atomic E-state index is 13.6. The van der Waals surface area contributed by atoms with Crippen molar-refractivity contribution < 1.29 is 28.2 Å². The van der Waals surface area contributed by atoms with Gasteiger partial charge in [0.1, 0.15) is 29.3 Å². The Morgan fingerprint density at radius 1 is 1.00 bits per heavy atom. The summed E-state index contributed by atoms with van der Waals surface area (Å²) in [6.07, 6.45) is 0. The first-order valence-corrected chi connectivity index (χ1v) is 12.9. The summed E-state index contributed by atoms with van der Waals surface area (Å²) in [6, 6.07) is 21.9. The zero-order chi connectivity index (χ0) is 28.5. The van der Waals surface area contributed by atoms with Crippen molar-refractivity contribution in [2.45, 2.75) is 19.4 Å². The van der Waals surface area contributed by atoms with Gasteiger partial charge in [0.05, 0.1) is 41.5 Å². The summed E-state index contributed by atoms with van der Waals surface area (Å²) >= 11 is 0. The van der Waals surface area contributed by atoms with Gasteiger partial charge in [-0.15, -0.1) is 0 Å². The summed E-state index contributed by atoms with van der Waals surface area (Å²) in [4.78, 5) is 36.3. The van der Waals surface area contributed by atoms with Crippen LogP contribution in [0.3, 0.4) is 0 Å². The van der Waals surface area contributed by atoms with Crippen LogP contribution >= 0.6 is 0 Å². The van der Waals surface area contributed by atoms with E-state index in [0.29, 0.717) is 22.0 Å². The minimum atomic E-state index is -1.16. The van der Waals surface area contributed by atoms with Crippen LogP contribution in [0.5, 0.6) is 17.4 Å². The Balaban J connectivity index is 1.58. The maximum absolute atomic E-state index is 13.6. The van der Waals surface area contributed by atoms with Crippen LogP contribution in [0, 0.1) is 0 Å². The fourth-order valence-electron chi connectivity index (χ4n) is 4.82. The second-order valence-electron chi connectivity index (χ2n) is 9.21. The van der Waals surface area contributed by atoms with Crippen LogP contribution in [0.15, 0.2) is 93.5 Å². The van der Waals surface area contributed by atoms with E-state index in [4.69, 9.17) is 39.1 Å². The maximum Gasteiger partial charge on any atom is 0.344 e. The molecule has 10 nitrogen and oxygen atoms in total. The number of carbonyl (C=O) groups is 1. The number of methoxy groups -OCH3 is 1. The van der Waals surface area contributed by atoms with Crippen LogP contribution in [-0.4, -0.2) is 29.7 Å². The second-order valence-corrected chi connectivity index (χ2v) is 9.21. The standard InChI is InChI=1S/C31H25N3O7/c1-3-38-30(35)25-23(24-26(41-27(25)32)20-14-13-18(37-2)15-22(20)40-31(24)36)28-33-21-12-8-7-11-19(21)29(34-28)39-16-17-9-5-4-6-10-17/h4-15,23H,3,16,32H2,1-2H3. The van der Waals surface area contributed by atoms with Gasteiger partial charge in [0.25, 0.3) is 0 Å². The molecule has 0 fully saturated rings. The molecular weight excluding hydrogens is 526 g/mol. The Bertz CT molecular complexity index is 1880. The SMILES string of the molecule is CCOC(=O)C1=C(N)Oc2c(c(=O)oc3cc(OC)ccc23)C1c1nc(OCc2ccccc2)c2ccccc2n1. The van der Waals surface area contributed by atoms with Crippen LogP contribution in [0.1, 0.15) is 29.8 Å². The Kier molecular flexibility index (Phi) is 6.72. The van der Waals surface area contributed by atoms with E-state index >= 15 is 0 Å². The molecule has 5 aromatic rings. The highest BCUT2D eigenvalue weighted by atomic mass is 16.5. The first-order chi connectivity index (χ1) is 20.0. The number of rotatable bonds is 7. The summed E-state index contributed by atoms with van der Waals surface area (Å²) < 4.78 is 28.3. The molecule has 0 saturated heterocycles. The smallest absolute Gasteiger partial charge is 0.344 e. The fraction of sp³-hybridized carbons (Fsp3) is 0.161. The van der Waals surface area contributed by atoms with Crippen LogP contribution in [0.2, 0.25) is 0 Å². The second kappa shape index (κ2) is 10.6. The summed E-state index contributed by atoms with van der Waals surface area (Å²) in [6.45, 7) is 1.98. The molecule has 206 valence electrons. The van der Waals surface area contributed by atoms with Gasteiger partial charge in [-0.1, -0.05) is 42.5 Å². The molecule has 1 aliphatic heterocycles. The highest BCUT2D eigenvalue weighted by Gasteiger charge is 2.41. The van der Waals surface area contributed by atoms with Crippen molar-refractivity contribution in [3.63, 3.8) is 0 Å². The molecule has 3 heterocycles. The normalized spacial score (nSPS) is 14.4. The molecule has 0 saturated carbocycles. The van der Waals surface area contributed by atoms with Crippen molar-refractivity contribution in [3.8, 4) is 17.4 Å². The Morgan fingerprint density at radius 3 is 2.56 bits per heavy atom. The van der Waals surface area contributed by atoms with E-state index in [9.17, 15) is 9.59 Å². The molecule has 0 spiro atoms. The highest BCUT2D eigenvalue weighted by Crippen LogP contribution is 2.44. The van der Waals surface area contributed by atoms with Crippen molar-refractivity contribution in [2.75, 3.05) is 13.7 Å². The Labute approximate surface area is 233 Å². The van der Waals surface area contributed by atoms with Gasteiger partial charge in [-0.2, -0.15) is 4.98 Å². The molecule has 41 heavy (non-hydrogen) atoms. The molecule has 1 atom stereocenters. The first kappa shape index (κ1) is 25.9. The minimum Gasteiger partial charge on any atom is -0.497 e. The number of ether oxygens (including phenoxy) is 4. The van der Waals surface area contributed by atoms with Gasteiger partial charge in [0.15, 0.2) is 5.75 Å². The quantitative estimate of drug-likeness (QED) is 0.226. The van der Waals surface area contributed by atoms with Gasteiger partial charge in [-0.25, -0.2) is 14.6 Å². The lowest BCUT2D eigenvalue weighted by atomic mass is 9.88. The first-order valence-electron chi connectivity index (χ1n) is 12.9. The lowest BCUT2D eigenvalue weighted by Crippen LogP contribution is -2.32. The summed E-state index contributed by atoms with van der Waals surface area (Å²) in [5, 5.41) is 1.12. The van der Waals surface area contributed by atoms with Crippen LogP contribution in [0.25, 0.3) is 21.9 Å². The number of fused-ring (bicyclic) bond motifs is 4. The molecule has 1 unspecified atom stereocenters. The number of hydrogen-bond acceptors (Lipinski definition) is 10. The minimum absolute atomic E-state index is 0.0178. The van der Waals surface area contributed by atoms with E-state index in [1.54, 1.807) is 31.2 Å². The lowest BCUT2D eigenvalue weighted by molar-refractivity contribution is -0.139. The summed E-state index contributed by atoms with van der Waals surface area (Å²) in [7, 11) is 1.51. The molecule has 2 aromatic heterocycles. The monoisotopic (exact) mass is 551 g/mol. The molecule has 1 aliphatic rings. The zero-order valence-electron chi connectivity index (χ0n) is 22.2. The number of hydrogen-bond donors (Lipinski definition) is 1. The summed E-state index contributed by atoms with van der Waals surface area (Å²) in [5.41, 5.74) is 7.22. The fourth-order valence-corrected chi connectivity index (χ4v) is 4.82. The molecule has 2 N–H and O–H groups in total. The Hall–Kier alpha value is -5.38. The highest BCUT2D eigenvalue weighted by molar-refractivity contribution is 5.95. The molecule has 6 rings (SSSR count). The van der Waals surface area contributed by atoms with Crippen molar-refractivity contribution >= 4 is 27.8 Å². The average molecular weight is 552 g/mol. The number of nitrogens with zero attached hydrogens (tertiary/aromatic N) is 2. The van der Waals surface area contributed by atoms with Gasteiger partial charge in [-0.05, 0) is 36.8 Å². The molecule has 0 radical (unpaired) electrons. The molecule has 0 bridgehead atoms. The molecule has 0 aliphatic carbocycles. The van der Waals surface area contributed by atoms with Crippen LogP contribution in [0.4, 0.5) is 0 Å². The average Bonchev–Trinajstić information content (AvgIpc) is 2.99. The van der Waals surface area contributed by atoms with E-state index in [2.05, 4.69) is 0 Å². The lowest BCUT2D eigenvalue weighted by Gasteiger charge is -2.27. The van der Waals surface area contributed by atoms with Crippen molar-refractivity contribution in [2.24, 2.45) is 5.73 Å². The van der Waals surface area contributed by atoms with E-state index in [1.807, 2.05) is 48.5 Å². The zero-order valence-corrected chi connectivity index (χ0v) is 22.2.